The Balaban J connectivity index is 1.97. The predicted octanol–water partition coefficient (Wildman–Crippen LogP) is 3.46. The molecule has 1 atom stereocenters. The molecule has 0 radical (unpaired) electrons. The minimum atomic E-state index is -0.524. The van der Waals surface area contributed by atoms with Gasteiger partial charge in [0.2, 0.25) is 0 Å². The Hall–Kier alpha value is -1.83. The van der Waals surface area contributed by atoms with Gasteiger partial charge in [-0.3, -0.25) is 10.1 Å². The highest BCUT2D eigenvalue weighted by molar-refractivity contribution is 9.10. The molecule has 7 nitrogen and oxygen atoms in total. The fraction of sp³-hybridized carbons (Fsp3) is 0.533. The van der Waals surface area contributed by atoms with Crippen molar-refractivity contribution >= 4 is 33.4 Å². The molecule has 1 aromatic rings. The van der Waals surface area contributed by atoms with Gasteiger partial charge in [-0.15, -0.1) is 0 Å². The summed E-state index contributed by atoms with van der Waals surface area (Å²) in [5.41, 5.74) is 0.399. The van der Waals surface area contributed by atoms with Crippen LogP contribution in [-0.4, -0.2) is 35.7 Å². The second kappa shape index (κ2) is 6.74. The Kier molecular flexibility index (Phi) is 5.13. The summed E-state index contributed by atoms with van der Waals surface area (Å²) in [6.45, 7) is 6.86. The molecule has 0 saturated carbocycles. The number of benzene rings is 1. The topological polar surface area (TPSA) is 84.7 Å². The van der Waals surface area contributed by atoms with Crippen molar-refractivity contribution in [3.8, 4) is 0 Å². The van der Waals surface area contributed by atoms with Gasteiger partial charge in [0.15, 0.2) is 0 Å². The second-order valence-electron chi connectivity index (χ2n) is 6.47. The number of amides is 1. The number of ether oxygens (including phenoxy) is 1. The molecule has 1 N–H and O–H groups in total. The minimum Gasteiger partial charge on any atom is -0.444 e. The fourth-order valence-electron chi connectivity index (χ4n) is 2.44. The van der Waals surface area contributed by atoms with E-state index in [4.69, 9.17) is 4.74 Å². The van der Waals surface area contributed by atoms with E-state index in [1.165, 1.54) is 12.1 Å². The van der Waals surface area contributed by atoms with Crippen LogP contribution in [0.4, 0.5) is 16.2 Å². The summed E-state index contributed by atoms with van der Waals surface area (Å²) in [5, 5.41) is 13.6. The van der Waals surface area contributed by atoms with E-state index >= 15 is 0 Å². The van der Waals surface area contributed by atoms with Gasteiger partial charge in [-0.1, -0.05) is 0 Å². The van der Waals surface area contributed by atoms with E-state index in [0.29, 0.717) is 11.0 Å². The smallest absolute Gasteiger partial charge is 0.407 e. The normalized spacial score (nSPS) is 17.9. The molecule has 23 heavy (non-hydrogen) atoms. The van der Waals surface area contributed by atoms with E-state index in [-0.39, 0.29) is 11.7 Å². The number of nitrogens with zero attached hydrogens (tertiary/aromatic N) is 2. The van der Waals surface area contributed by atoms with Crippen molar-refractivity contribution in [2.45, 2.75) is 38.8 Å². The van der Waals surface area contributed by atoms with Gasteiger partial charge < -0.3 is 15.0 Å². The number of hydrogen-bond acceptors (Lipinski definition) is 5. The lowest BCUT2D eigenvalue weighted by atomic mass is 10.2. The molecule has 1 aliphatic rings. The summed E-state index contributed by atoms with van der Waals surface area (Å²) in [6, 6.07) is 4.68. The second-order valence-corrected chi connectivity index (χ2v) is 7.33. The molecule has 2 rings (SSSR count). The number of alkyl carbamates (subject to hydrolysis) is 1. The van der Waals surface area contributed by atoms with Crippen LogP contribution in [0.3, 0.4) is 0 Å². The van der Waals surface area contributed by atoms with Crippen molar-refractivity contribution in [2.24, 2.45) is 0 Å². The van der Waals surface area contributed by atoms with Gasteiger partial charge >= 0.3 is 6.09 Å². The highest BCUT2D eigenvalue weighted by atomic mass is 79.9. The van der Waals surface area contributed by atoms with Crippen molar-refractivity contribution in [3.63, 3.8) is 0 Å². The highest BCUT2D eigenvalue weighted by Crippen LogP contribution is 2.32. The van der Waals surface area contributed by atoms with Crippen LogP contribution in [0.2, 0.25) is 0 Å². The molecular formula is C15H20BrN3O4. The maximum absolute atomic E-state index is 11.8. The molecule has 1 fully saturated rings. The Bertz CT molecular complexity index is 615. The molecule has 1 aliphatic heterocycles. The van der Waals surface area contributed by atoms with Crippen molar-refractivity contribution in [1.29, 1.82) is 0 Å². The average molecular weight is 386 g/mol. The van der Waals surface area contributed by atoms with E-state index in [9.17, 15) is 14.9 Å². The molecule has 1 heterocycles. The molecule has 8 heteroatoms. The Morgan fingerprint density at radius 1 is 1.48 bits per heavy atom. The third-order valence-electron chi connectivity index (χ3n) is 3.39. The third kappa shape index (κ3) is 4.82. The van der Waals surface area contributed by atoms with Crippen LogP contribution in [0.1, 0.15) is 27.2 Å². The molecule has 0 bridgehead atoms. The van der Waals surface area contributed by atoms with Crippen LogP contribution in [0.5, 0.6) is 0 Å². The van der Waals surface area contributed by atoms with E-state index in [0.717, 1.165) is 18.7 Å². The van der Waals surface area contributed by atoms with E-state index in [1.54, 1.807) is 6.07 Å². The van der Waals surface area contributed by atoms with Crippen LogP contribution in [0.25, 0.3) is 0 Å². The lowest BCUT2D eigenvalue weighted by molar-refractivity contribution is -0.384. The Morgan fingerprint density at radius 2 is 2.17 bits per heavy atom. The zero-order valence-corrected chi connectivity index (χ0v) is 14.9. The minimum absolute atomic E-state index is 0.00746. The third-order valence-corrected chi connectivity index (χ3v) is 4.03. The van der Waals surface area contributed by atoms with Crippen molar-refractivity contribution < 1.29 is 14.5 Å². The fourth-order valence-corrected chi connectivity index (χ4v) is 3.05. The van der Waals surface area contributed by atoms with Crippen LogP contribution >= 0.6 is 15.9 Å². The van der Waals surface area contributed by atoms with Crippen molar-refractivity contribution in [3.05, 3.63) is 32.8 Å². The lowest BCUT2D eigenvalue weighted by Crippen LogP contribution is -2.40. The van der Waals surface area contributed by atoms with Crippen LogP contribution in [0.15, 0.2) is 22.7 Å². The molecule has 1 saturated heterocycles. The predicted molar refractivity (Wildman–Crippen MR) is 90.8 cm³/mol. The molecule has 0 aliphatic carbocycles. The molecule has 0 aromatic heterocycles. The SMILES string of the molecule is CC(C)(C)OC(=O)NC1CCN(c2ccc([N+](=O)[O-])cc2Br)C1. The standard InChI is InChI=1S/C15H20BrN3O4/c1-15(2,3)23-14(20)17-10-6-7-18(9-10)13-5-4-11(19(21)22)8-12(13)16/h4-5,8,10H,6-7,9H2,1-3H3,(H,17,20). The highest BCUT2D eigenvalue weighted by Gasteiger charge is 2.27. The van der Waals surface area contributed by atoms with Crippen molar-refractivity contribution in [2.75, 3.05) is 18.0 Å². The number of carbonyl (C=O) groups is 1. The zero-order valence-electron chi connectivity index (χ0n) is 13.3. The first-order valence-electron chi connectivity index (χ1n) is 7.34. The first-order chi connectivity index (χ1) is 10.7. The molecule has 1 amide bonds. The monoisotopic (exact) mass is 385 g/mol. The number of carbonyl (C=O) groups excluding carboxylic acids is 1. The molecule has 1 unspecified atom stereocenters. The van der Waals surface area contributed by atoms with E-state index < -0.39 is 16.6 Å². The van der Waals surface area contributed by atoms with Gasteiger partial charge in [-0.2, -0.15) is 0 Å². The number of anilines is 1. The molecule has 1 aromatic carbocycles. The lowest BCUT2D eigenvalue weighted by Gasteiger charge is -2.23. The summed E-state index contributed by atoms with van der Waals surface area (Å²) < 4.78 is 5.92. The van der Waals surface area contributed by atoms with Crippen molar-refractivity contribution in [1.82, 2.24) is 5.32 Å². The zero-order chi connectivity index (χ0) is 17.2. The number of hydrogen-bond donors (Lipinski definition) is 1. The van der Waals surface area contributed by atoms with Gasteiger partial charge in [0.05, 0.1) is 16.7 Å². The Morgan fingerprint density at radius 3 is 2.74 bits per heavy atom. The largest absolute Gasteiger partial charge is 0.444 e. The summed E-state index contributed by atoms with van der Waals surface area (Å²) in [4.78, 5) is 24.2. The summed E-state index contributed by atoms with van der Waals surface area (Å²) in [6.07, 6.45) is 0.370. The van der Waals surface area contributed by atoms with Crippen LogP contribution in [-0.2, 0) is 4.74 Å². The van der Waals surface area contributed by atoms with Gasteiger partial charge in [-0.05, 0) is 49.2 Å². The number of nitrogens with one attached hydrogen (secondary N) is 1. The van der Waals surface area contributed by atoms with E-state index in [2.05, 4.69) is 26.1 Å². The molecule has 126 valence electrons. The number of nitro groups is 1. The number of rotatable bonds is 3. The summed E-state index contributed by atoms with van der Waals surface area (Å²) >= 11 is 3.38. The quantitative estimate of drug-likeness (QED) is 0.635. The van der Waals surface area contributed by atoms with Crippen LogP contribution < -0.4 is 10.2 Å². The maximum atomic E-state index is 11.8. The van der Waals surface area contributed by atoms with E-state index in [1.807, 2.05) is 20.8 Å². The van der Waals surface area contributed by atoms with Gasteiger partial charge in [-0.25, -0.2) is 4.79 Å². The first-order valence-corrected chi connectivity index (χ1v) is 8.13. The summed E-state index contributed by atoms with van der Waals surface area (Å²) in [5.74, 6) is 0. The number of non-ortho nitro benzene ring substituents is 1. The van der Waals surface area contributed by atoms with Gasteiger partial charge in [0.25, 0.3) is 5.69 Å². The average Bonchev–Trinajstić information content (AvgIpc) is 2.84. The maximum Gasteiger partial charge on any atom is 0.407 e. The summed E-state index contributed by atoms with van der Waals surface area (Å²) in [7, 11) is 0. The number of halogens is 1. The molecular weight excluding hydrogens is 366 g/mol. The number of nitro benzene ring substituents is 1. The molecule has 0 spiro atoms. The van der Waals surface area contributed by atoms with Crippen LogP contribution in [0, 0.1) is 10.1 Å². The van der Waals surface area contributed by atoms with Gasteiger partial charge in [0, 0.05) is 29.7 Å². The van der Waals surface area contributed by atoms with Gasteiger partial charge in [0.1, 0.15) is 5.60 Å². The first kappa shape index (κ1) is 17.5. The Labute approximate surface area is 143 Å².